The minimum atomic E-state index is -3.71. The van der Waals surface area contributed by atoms with Crippen LogP contribution < -0.4 is 4.72 Å². The average molecular weight is 311 g/mol. The smallest absolute Gasteiger partial charge is 0.257 e. The summed E-state index contributed by atoms with van der Waals surface area (Å²) in [6.45, 7) is 1.83. The van der Waals surface area contributed by atoms with Gasteiger partial charge in [0.1, 0.15) is 5.82 Å². The van der Waals surface area contributed by atoms with E-state index in [0.29, 0.717) is 11.5 Å². The number of benzene rings is 1. The van der Waals surface area contributed by atoms with Gasteiger partial charge in [0.25, 0.3) is 5.91 Å². The standard InChI is InChI=1S/C15H18FNO3S/c1-11(13-5-6-13)9-15(18)17-21(19,20)8-7-12-3-2-4-14(16)10-12/h2-4,9-10,13H,5-8H2,1H3,(H,17,18)/b11-9+. The molecule has 0 saturated heterocycles. The van der Waals surface area contributed by atoms with Crippen LogP contribution in [0.15, 0.2) is 35.9 Å². The van der Waals surface area contributed by atoms with Gasteiger partial charge >= 0.3 is 0 Å². The van der Waals surface area contributed by atoms with Gasteiger partial charge in [0.05, 0.1) is 5.75 Å². The minimum Gasteiger partial charge on any atom is -0.269 e. The molecule has 114 valence electrons. The molecule has 21 heavy (non-hydrogen) atoms. The van der Waals surface area contributed by atoms with Crippen molar-refractivity contribution < 1.29 is 17.6 Å². The Morgan fingerprint density at radius 2 is 2.14 bits per heavy atom. The molecular formula is C15H18FNO3S. The highest BCUT2D eigenvalue weighted by molar-refractivity contribution is 7.90. The lowest BCUT2D eigenvalue weighted by Crippen LogP contribution is -2.32. The van der Waals surface area contributed by atoms with Crippen LogP contribution in [-0.2, 0) is 21.2 Å². The topological polar surface area (TPSA) is 63.2 Å². The predicted molar refractivity (Wildman–Crippen MR) is 78.5 cm³/mol. The molecule has 0 unspecified atom stereocenters. The van der Waals surface area contributed by atoms with Gasteiger partial charge < -0.3 is 0 Å². The third-order valence-electron chi connectivity index (χ3n) is 3.38. The number of carbonyl (C=O) groups is 1. The van der Waals surface area contributed by atoms with E-state index in [-0.39, 0.29) is 12.2 Å². The number of halogens is 1. The van der Waals surface area contributed by atoms with Gasteiger partial charge in [-0.15, -0.1) is 0 Å². The second-order valence-electron chi connectivity index (χ2n) is 5.33. The average Bonchev–Trinajstić information content (AvgIpc) is 3.20. The number of nitrogens with one attached hydrogen (secondary N) is 1. The van der Waals surface area contributed by atoms with Crippen molar-refractivity contribution in [2.75, 3.05) is 5.75 Å². The molecule has 1 saturated carbocycles. The number of sulfonamides is 1. The Kier molecular flexibility index (Phi) is 4.77. The Balaban J connectivity index is 1.89. The summed E-state index contributed by atoms with van der Waals surface area (Å²) in [6.07, 6.45) is 3.62. The van der Waals surface area contributed by atoms with Gasteiger partial charge in [-0.05, 0) is 49.8 Å². The number of hydrogen-bond acceptors (Lipinski definition) is 3. The van der Waals surface area contributed by atoms with E-state index in [2.05, 4.69) is 0 Å². The van der Waals surface area contributed by atoms with Crippen LogP contribution in [0.1, 0.15) is 25.3 Å². The van der Waals surface area contributed by atoms with Crippen molar-refractivity contribution in [3.05, 3.63) is 47.3 Å². The van der Waals surface area contributed by atoms with Crippen LogP contribution in [0.3, 0.4) is 0 Å². The summed E-state index contributed by atoms with van der Waals surface area (Å²) in [5, 5.41) is 0. The molecule has 0 aliphatic heterocycles. The fourth-order valence-corrected chi connectivity index (χ4v) is 3.01. The Bertz CT molecular complexity index is 663. The summed E-state index contributed by atoms with van der Waals surface area (Å²) in [5.74, 6) is -0.847. The highest BCUT2D eigenvalue weighted by Crippen LogP contribution is 2.35. The number of aryl methyl sites for hydroxylation is 1. The lowest BCUT2D eigenvalue weighted by Gasteiger charge is -2.06. The van der Waals surface area contributed by atoms with Crippen molar-refractivity contribution in [1.29, 1.82) is 0 Å². The lowest BCUT2D eigenvalue weighted by molar-refractivity contribution is -0.114. The number of allylic oxidation sites excluding steroid dienone is 1. The molecule has 6 heteroatoms. The molecule has 1 N–H and O–H groups in total. The van der Waals surface area contributed by atoms with Crippen LogP contribution in [0.25, 0.3) is 0 Å². The van der Waals surface area contributed by atoms with Gasteiger partial charge in [-0.2, -0.15) is 0 Å². The minimum absolute atomic E-state index is 0.158. The highest BCUT2D eigenvalue weighted by Gasteiger charge is 2.24. The van der Waals surface area contributed by atoms with Crippen LogP contribution in [0.5, 0.6) is 0 Å². The lowest BCUT2D eigenvalue weighted by atomic mass is 10.2. The first-order valence-corrected chi connectivity index (χ1v) is 8.48. The van der Waals surface area contributed by atoms with E-state index in [4.69, 9.17) is 0 Å². The second kappa shape index (κ2) is 6.39. The Hall–Kier alpha value is -1.69. The molecule has 2 rings (SSSR count). The van der Waals surface area contributed by atoms with Crippen LogP contribution >= 0.6 is 0 Å². The highest BCUT2D eigenvalue weighted by atomic mass is 32.2. The van der Waals surface area contributed by atoms with Crippen molar-refractivity contribution in [3.8, 4) is 0 Å². The summed E-state index contributed by atoms with van der Waals surface area (Å²) >= 11 is 0. The Morgan fingerprint density at radius 1 is 1.43 bits per heavy atom. The zero-order chi connectivity index (χ0) is 15.5. The van der Waals surface area contributed by atoms with Crippen molar-refractivity contribution in [2.45, 2.75) is 26.2 Å². The van der Waals surface area contributed by atoms with Crippen molar-refractivity contribution in [3.63, 3.8) is 0 Å². The molecule has 0 heterocycles. The monoisotopic (exact) mass is 311 g/mol. The first-order valence-electron chi connectivity index (χ1n) is 6.83. The van der Waals surface area contributed by atoms with Crippen molar-refractivity contribution >= 4 is 15.9 Å². The number of rotatable bonds is 6. The summed E-state index contributed by atoms with van der Waals surface area (Å²) < 4.78 is 38.6. The van der Waals surface area contributed by atoms with E-state index in [1.54, 1.807) is 6.07 Å². The fourth-order valence-electron chi connectivity index (χ4n) is 2.04. The number of carbonyl (C=O) groups excluding carboxylic acids is 1. The summed E-state index contributed by atoms with van der Waals surface area (Å²) in [6, 6.07) is 5.76. The maximum absolute atomic E-state index is 13.0. The zero-order valence-electron chi connectivity index (χ0n) is 11.8. The molecule has 1 aromatic carbocycles. The first kappa shape index (κ1) is 15.7. The van der Waals surface area contributed by atoms with E-state index in [1.165, 1.54) is 24.3 Å². The predicted octanol–water partition coefficient (Wildman–Crippen LogP) is 2.17. The second-order valence-corrected chi connectivity index (χ2v) is 7.17. The van der Waals surface area contributed by atoms with Gasteiger partial charge in [-0.1, -0.05) is 17.7 Å². The molecule has 1 amide bonds. The quantitative estimate of drug-likeness (QED) is 0.819. The summed E-state index contributed by atoms with van der Waals surface area (Å²) in [7, 11) is -3.71. The maximum Gasteiger partial charge on any atom is 0.257 e. The van der Waals surface area contributed by atoms with Gasteiger partial charge in [0.15, 0.2) is 0 Å². The molecule has 0 bridgehead atoms. The fraction of sp³-hybridized carbons (Fsp3) is 0.400. The van der Waals surface area contributed by atoms with E-state index in [0.717, 1.165) is 18.4 Å². The van der Waals surface area contributed by atoms with Gasteiger partial charge in [0, 0.05) is 6.08 Å². The normalized spacial score (nSPS) is 15.8. The van der Waals surface area contributed by atoms with E-state index < -0.39 is 21.7 Å². The van der Waals surface area contributed by atoms with Gasteiger partial charge in [-0.3, -0.25) is 4.79 Å². The first-order chi connectivity index (χ1) is 9.85. The van der Waals surface area contributed by atoms with Gasteiger partial charge in [0.2, 0.25) is 10.0 Å². The molecule has 1 aromatic rings. The molecule has 0 aromatic heterocycles. The maximum atomic E-state index is 13.0. The van der Waals surface area contributed by atoms with Crippen LogP contribution in [-0.4, -0.2) is 20.1 Å². The molecule has 1 aliphatic rings. The van der Waals surface area contributed by atoms with Crippen LogP contribution in [0.2, 0.25) is 0 Å². The third-order valence-corrected chi connectivity index (χ3v) is 4.64. The largest absolute Gasteiger partial charge is 0.269 e. The van der Waals surface area contributed by atoms with Crippen LogP contribution in [0.4, 0.5) is 4.39 Å². The Labute approximate surface area is 124 Å². The summed E-state index contributed by atoms with van der Waals surface area (Å²) in [5.41, 5.74) is 1.49. The summed E-state index contributed by atoms with van der Waals surface area (Å²) in [4.78, 5) is 11.6. The molecule has 0 radical (unpaired) electrons. The van der Waals surface area contributed by atoms with Crippen molar-refractivity contribution in [2.24, 2.45) is 5.92 Å². The molecular weight excluding hydrogens is 293 g/mol. The van der Waals surface area contributed by atoms with Crippen LogP contribution in [0, 0.1) is 11.7 Å². The number of hydrogen-bond donors (Lipinski definition) is 1. The zero-order valence-corrected chi connectivity index (χ0v) is 12.6. The van der Waals surface area contributed by atoms with Crippen molar-refractivity contribution in [1.82, 2.24) is 4.72 Å². The van der Waals surface area contributed by atoms with E-state index in [9.17, 15) is 17.6 Å². The molecule has 0 atom stereocenters. The van der Waals surface area contributed by atoms with E-state index >= 15 is 0 Å². The molecule has 4 nitrogen and oxygen atoms in total. The molecule has 0 spiro atoms. The van der Waals surface area contributed by atoms with E-state index in [1.807, 2.05) is 11.6 Å². The van der Waals surface area contributed by atoms with Gasteiger partial charge in [-0.25, -0.2) is 17.5 Å². The third kappa shape index (κ3) is 5.30. The molecule has 1 fully saturated rings. The molecule has 1 aliphatic carbocycles. The Morgan fingerprint density at radius 3 is 2.76 bits per heavy atom. The number of amides is 1. The SMILES string of the molecule is C/C(=C\C(=O)NS(=O)(=O)CCc1cccc(F)c1)C1CC1.